The Balaban J connectivity index is 2.03. The van der Waals surface area contributed by atoms with Gasteiger partial charge < -0.3 is 4.90 Å². The van der Waals surface area contributed by atoms with Crippen molar-refractivity contribution in [2.45, 2.75) is 13.0 Å². The lowest BCUT2D eigenvalue weighted by Gasteiger charge is -2.28. The van der Waals surface area contributed by atoms with E-state index in [1.165, 1.54) is 4.90 Å². The largest absolute Gasteiger partial charge is 0.300 e. The molecule has 1 aliphatic rings. The molecule has 0 spiro atoms. The third-order valence-corrected chi connectivity index (χ3v) is 5.46. The number of carbonyl (C=O) groups excluding carboxylic acids is 1. The van der Waals surface area contributed by atoms with Gasteiger partial charge in [0.15, 0.2) is 9.84 Å². The second-order valence-electron chi connectivity index (χ2n) is 5.75. The van der Waals surface area contributed by atoms with E-state index in [-0.39, 0.29) is 11.7 Å². The Kier molecular flexibility index (Phi) is 4.47. The van der Waals surface area contributed by atoms with Crippen molar-refractivity contribution in [2.24, 2.45) is 0 Å². The van der Waals surface area contributed by atoms with E-state index in [2.05, 4.69) is 0 Å². The minimum atomic E-state index is -3.29. The molecule has 24 heavy (non-hydrogen) atoms. The number of anilines is 1. The second-order valence-corrected chi connectivity index (χ2v) is 8.11. The smallest absolute Gasteiger partial charge is 0.258 e. The lowest BCUT2D eigenvalue weighted by atomic mass is 10.1. The Bertz CT molecular complexity index is 904. The zero-order chi connectivity index (χ0) is 17.3. The van der Waals surface area contributed by atoms with Crippen molar-refractivity contribution >= 4 is 33.0 Å². The molecule has 6 heteroatoms. The van der Waals surface area contributed by atoms with Crippen LogP contribution in [0.5, 0.6) is 0 Å². The standard InChI is InChI=1S/C18H16ClNO3S/c1-13-5-7-14(8-6-13)18(21)20(16-4-2-3-15(19)11-16)17-9-10-24(22,23)12-17/h2-11,17H,12H2,1H3. The van der Waals surface area contributed by atoms with Crippen molar-refractivity contribution in [3.05, 3.63) is 76.2 Å². The van der Waals surface area contributed by atoms with Crippen LogP contribution >= 0.6 is 11.6 Å². The number of hydrogen-bond acceptors (Lipinski definition) is 3. The van der Waals surface area contributed by atoms with Gasteiger partial charge in [0.2, 0.25) is 0 Å². The summed E-state index contributed by atoms with van der Waals surface area (Å²) in [6, 6.07) is 13.5. The van der Waals surface area contributed by atoms with Crippen LogP contribution in [-0.2, 0) is 9.84 Å². The van der Waals surface area contributed by atoms with Crippen molar-refractivity contribution in [3.63, 3.8) is 0 Å². The molecular formula is C18H16ClNO3S. The summed E-state index contributed by atoms with van der Waals surface area (Å²) in [6.07, 6.45) is 1.54. The topological polar surface area (TPSA) is 54.5 Å². The van der Waals surface area contributed by atoms with E-state index in [4.69, 9.17) is 11.6 Å². The first-order valence-electron chi connectivity index (χ1n) is 7.42. The van der Waals surface area contributed by atoms with Gasteiger partial charge in [-0.1, -0.05) is 35.4 Å². The van der Waals surface area contributed by atoms with Crippen LogP contribution in [0.2, 0.25) is 5.02 Å². The molecule has 1 aliphatic heterocycles. The minimum absolute atomic E-state index is 0.128. The molecule has 1 unspecified atom stereocenters. The highest BCUT2D eigenvalue weighted by molar-refractivity contribution is 7.94. The number of rotatable bonds is 3. The van der Waals surface area contributed by atoms with Crippen LogP contribution in [0.4, 0.5) is 5.69 Å². The highest BCUT2D eigenvalue weighted by atomic mass is 35.5. The first-order valence-corrected chi connectivity index (χ1v) is 9.52. The van der Waals surface area contributed by atoms with Gasteiger partial charge in [0.05, 0.1) is 11.8 Å². The van der Waals surface area contributed by atoms with Crippen LogP contribution in [0, 0.1) is 6.92 Å². The molecule has 2 aromatic rings. The number of halogens is 1. The first-order chi connectivity index (χ1) is 11.4. The van der Waals surface area contributed by atoms with Gasteiger partial charge in [0.25, 0.3) is 5.91 Å². The van der Waals surface area contributed by atoms with Gasteiger partial charge in [-0.25, -0.2) is 8.42 Å². The lowest BCUT2D eigenvalue weighted by molar-refractivity contribution is 0.0983. The van der Waals surface area contributed by atoms with Gasteiger partial charge in [-0.2, -0.15) is 0 Å². The van der Waals surface area contributed by atoms with Crippen LogP contribution in [0.1, 0.15) is 15.9 Å². The average Bonchev–Trinajstić information content (AvgIpc) is 2.88. The van der Waals surface area contributed by atoms with Crippen LogP contribution in [0.15, 0.2) is 60.0 Å². The summed E-state index contributed by atoms with van der Waals surface area (Å²) in [5.74, 6) is -0.388. The predicted octanol–water partition coefficient (Wildman–Crippen LogP) is 3.61. The molecule has 4 nitrogen and oxygen atoms in total. The highest BCUT2D eigenvalue weighted by Crippen LogP contribution is 2.27. The maximum atomic E-state index is 13.0. The van der Waals surface area contributed by atoms with Crippen molar-refractivity contribution in [3.8, 4) is 0 Å². The molecular weight excluding hydrogens is 346 g/mol. The first kappa shape index (κ1) is 16.7. The van der Waals surface area contributed by atoms with E-state index in [9.17, 15) is 13.2 Å². The van der Waals surface area contributed by atoms with Gasteiger partial charge >= 0.3 is 0 Å². The Labute approximate surface area is 146 Å². The molecule has 0 aromatic heterocycles. The third-order valence-electron chi connectivity index (χ3n) is 3.85. The number of nitrogens with zero attached hydrogens (tertiary/aromatic N) is 1. The number of hydrogen-bond donors (Lipinski definition) is 0. The summed E-state index contributed by atoms with van der Waals surface area (Å²) in [5, 5.41) is 1.65. The molecule has 0 N–H and O–H groups in total. The molecule has 1 heterocycles. The summed E-state index contributed by atoms with van der Waals surface area (Å²) in [4.78, 5) is 14.5. The van der Waals surface area contributed by atoms with Gasteiger partial charge in [0.1, 0.15) is 0 Å². The lowest BCUT2D eigenvalue weighted by Crippen LogP contribution is -2.41. The molecule has 124 valence electrons. The van der Waals surface area contributed by atoms with Crippen molar-refractivity contribution in [1.29, 1.82) is 0 Å². The molecule has 3 rings (SSSR count). The molecule has 1 amide bonds. The normalized spacial score (nSPS) is 18.5. The summed E-state index contributed by atoms with van der Waals surface area (Å²) >= 11 is 6.05. The highest BCUT2D eigenvalue weighted by Gasteiger charge is 2.32. The zero-order valence-corrected chi connectivity index (χ0v) is 14.6. The van der Waals surface area contributed by atoms with Crippen LogP contribution in [0.25, 0.3) is 0 Å². The molecule has 0 saturated carbocycles. The number of benzene rings is 2. The van der Waals surface area contributed by atoms with Crippen molar-refractivity contribution in [1.82, 2.24) is 0 Å². The average molecular weight is 362 g/mol. The van der Waals surface area contributed by atoms with E-state index in [1.807, 2.05) is 19.1 Å². The van der Waals surface area contributed by atoms with E-state index >= 15 is 0 Å². The number of aryl methyl sites for hydroxylation is 1. The SMILES string of the molecule is Cc1ccc(C(=O)N(c2cccc(Cl)c2)C2C=CS(=O)(=O)C2)cc1. The fourth-order valence-corrected chi connectivity index (χ4v) is 4.09. The quantitative estimate of drug-likeness (QED) is 0.839. The van der Waals surface area contributed by atoms with Crippen LogP contribution in [-0.4, -0.2) is 26.1 Å². The van der Waals surface area contributed by atoms with Gasteiger partial charge in [-0.3, -0.25) is 4.79 Å². The Morgan fingerprint density at radius 1 is 1.17 bits per heavy atom. The molecule has 0 saturated heterocycles. The Morgan fingerprint density at radius 3 is 2.46 bits per heavy atom. The Hall–Kier alpha value is -2.11. The van der Waals surface area contributed by atoms with E-state index in [0.717, 1.165) is 11.0 Å². The van der Waals surface area contributed by atoms with E-state index in [0.29, 0.717) is 16.3 Å². The van der Waals surface area contributed by atoms with E-state index in [1.54, 1.807) is 42.5 Å². The number of sulfone groups is 1. The minimum Gasteiger partial charge on any atom is -0.300 e. The second kappa shape index (κ2) is 6.42. The zero-order valence-electron chi connectivity index (χ0n) is 13.0. The molecule has 1 atom stereocenters. The monoisotopic (exact) mass is 361 g/mol. The molecule has 0 fully saturated rings. The summed E-state index contributed by atoms with van der Waals surface area (Å²) < 4.78 is 23.6. The number of amides is 1. The summed E-state index contributed by atoms with van der Waals surface area (Å²) in [7, 11) is -3.29. The van der Waals surface area contributed by atoms with E-state index < -0.39 is 15.9 Å². The van der Waals surface area contributed by atoms with Gasteiger partial charge in [-0.15, -0.1) is 0 Å². The molecule has 2 aromatic carbocycles. The predicted molar refractivity (Wildman–Crippen MR) is 96.2 cm³/mol. The fraction of sp³-hybridized carbons (Fsp3) is 0.167. The van der Waals surface area contributed by atoms with Gasteiger partial charge in [-0.05, 0) is 43.3 Å². The molecule has 0 radical (unpaired) electrons. The number of carbonyl (C=O) groups is 1. The third kappa shape index (κ3) is 3.52. The fourth-order valence-electron chi connectivity index (χ4n) is 2.64. The van der Waals surface area contributed by atoms with Crippen LogP contribution < -0.4 is 4.90 Å². The summed E-state index contributed by atoms with van der Waals surface area (Å²) in [5.41, 5.74) is 2.11. The molecule has 0 bridgehead atoms. The molecule has 0 aliphatic carbocycles. The van der Waals surface area contributed by atoms with Crippen molar-refractivity contribution < 1.29 is 13.2 Å². The van der Waals surface area contributed by atoms with Crippen molar-refractivity contribution in [2.75, 3.05) is 10.7 Å². The Morgan fingerprint density at radius 2 is 1.88 bits per heavy atom. The maximum Gasteiger partial charge on any atom is 0.258 e. The van der Waals surface area contributed by atoms with Gasteiger partial charge in [0, 0.05) is 21.7 Å². The van der Waals surface area contributed by atoms with Crippen LogP contribution in [0.3, 0.4) is 0 Å². The summed E-state index contributed by atoms with van der Waals surface area (Å²) in [6.45, 7) is 1.94. The maximum absolute atomic E-state index is 13.0.